The number of carbonyl (C=O) groups excluding carboxylic acids is 3. The second kappa shape index (κ2) is 8.80. The summed E-state index contributed by atoms with van der Waals surface area (Å²) in [7, 11) is 1.56. The van der Waals surface area contributed by atoms with E-state index in [1.165, 1.54) is 31.2 Å². The summed E-state index contributed by atoms with van der Waals surface area (Å²) in [5.41, 5.74) is 0.961. The van der Waals surface area contributed by atoms with Crippen LogP contribution in [0.5, 0.6) is 11.5 Å². The number of nitrogens with one attached hydrogen (secondary N) is 1. The highest BCUT2D eigenvalue weighted by Crippen LogP contribution is 2.17. The third-order valence-corrected chi connectivity index (χ3v) is 4.00. The van der Waals surface area contributed by atoms with Gasteiger partial charge in [-0.3, -0.25) is 14.4 Å². The van der Waals surface area contributed by atoms with Crippen LogP contribution in [0.3, 0.4) is 0 Å². The zero-order valence-electron chi connectivity index (χ0n) is 14.7. The highest BCUT2D eigenvalue weighted by molar-refractivity contribution is 6.11. The van der Waals surface area contributed by atoms with Gasteiger partial charge in [0.25, 0.3) is 0 Å². The molecule has 6 heteroatoms. The van der Waals surface area contributed by atoms with Gasteiger partial charge in [0, 0.05) is 24.1 Å². The van der Waals surface area contributed by atoms with Gasteiger partial charge < -0.3 is 15.2 Å². The van der Waals surface area contributed by atoms with Crippen molar-refractivity contribution in [3.63, 3.8) is 0 Å². The molecule has 1 amide bonds. The van der Waals surface area contributed by atoms with Crippen molar-refractivity contribution in [1.29, 1.82) is 0 Å². The number of Topliss-reactive ketones (excluding diaryl/α,β-unsaturated/α-hetero) is 2. The lowest BCUT2D eigenvalue weighted by atomic mass is 9.93. The summed E-state index contributed by atoms with van der Waals surface area (Å²) < 4.78 is 5.04. The predicted molar refractivity (Wildman–Crippen MR) is 97.5 cm³/mol. The van der Waals surface area contributed by atoms with Crippen LogP contribution in [0.1, 0.15) is 30.1 Å². The number of methoxy groups -OCH3 is 1. The number of carbonyl (C=O) groups is 3. The second-order valence-corrected chi connectivity index (χ2v) is 5.88. The van der Waals surface area contributed by atoms with Gasteiger partial charge in [0.2, 0.25) is 5.91 Å². The van der Waals surface area contributed by atoms with Crippen molar-refractivity contribution in [3.8, 4) is 11.5 Å². The summed E-state index contributed by atoms with van der Waals surface area (Å²) in [4.78, 5) is 36.4. The van der Waals surface area contributed by atoms with E-state index in [4.69, 9.17) is 4.74 Å². The van der Waals surface area contributed by atoms with Crippen LogP contribution in [0, 0.1) is 5.92 Å². The van der Waals surface area contributed by atoms with E-state index >= 15 is 0 Å². The lowest BCUT2D eigenvalue weighted by Gasteiger charge is -2.10. The smallest absolute Gasteiger partial charge is 0.224 e. The molecule has 0 fully saturated rings. The molecule has 136 valence electrons. The van der Waals surface area contributed by atoms with E-state index in [-0.39, 0.29) is 36.1 Å². The number of aromatic hydroxyl groups is 1. The zero-order chi connectivity index (χ0) is 19.1. The van der Waals surface area contributed by atoms with Gasteiger partial charge in [-0.2, -0.15) is 0 Å². The Morgan fingerprint density at radius 3 is 2.19 bits per heavy atom. The monoisotopic (exact) mass is 355 g/mol. The largest absolute Gasteiger partial charge is 0.508 e. The minimum Gasteiger partial charge on any atom is -0.508 e. The maximum atomic E-state index is 12.3. The second-order valence-electron chi connectivity index (χ2n) is 5.88. The fraction of sp³-hybridized carbons (Fsp3) is 0.250. The molecule has 0 aliphatic rings. The van der Waals surface area contributed by atoms with Crippen molar-refractivity contribution in [2.24, 2.45) is 5.92 Å². The maximum Gasteiger partial charge on any atom is 0.224 e. The summed E-state index contributed by atoms with van der Waals surface area (Å²) in [6.07, 6.45) is -0.0228. The van der Waals surface area contributed by atoms with Crippen LogP contribution in [0.4, 0.5) is 5.69 Å². The van der Waals surface area contributed by atoms with Crippen LogP contribution < -0.4 is 10.1 Å². The number of ether oxygens (including phenoxy) is 1. The number of hydrogen-bond acceptors (Lipinski definition) is 5. The van der Waals surface area contributed by atoms with E-state index in [9.17, 15) is 19.5 Å². The first kappa shape index (κ1) is 19.2. The van der Waals surface area contributed by atoms with Gasteiger partial charge in [0.1, 0.15) is 17.3 Å². The van der Waals surface area contributed by atoms with Crippen molar-refractivity contribution in [2.75, 3.05) is 12.4 Å². The molecule has 0 bridgehead atoms. The number of rotatable bonds is 8. The van der Waals surface area contributed by atoms with Crippen LogP contribution in [0.25, 0.3) is 0 Å². The van der Waals surface area contributed by atoms with Gasteiger partial charge in [-0.05, 0) is 55.5 Å². The third-order valence-electron chi connectivity index (χ3n) is 4.00. The Hall–Kier alpha value is -3.15. The van der Waals surface area contributed by atoms with Crippen LogP contribution in [0.2, 0.25) is 0 Å². The molecule has 0 unspecified atom stereocenters. The van der Waals surface area contributed by atoms with E-state index in [0.29, 0.717) is 17.0 Å². The average molecular weight is 355 g/mol. The average Bonchev–Trinajstić information content (AvgIpc) is 2.66. The highest BCUT2D eigenvalue weighted by atomic mass is 16.5. The number of phenolic OH excluding ortho intramolecular Hbond substituents is 1. The standard InChI is InChI=1S/C20H21NO5/c1-13(20(25)14-3-7-16(22)8-4-14)18(23)11-12-19(24)21-15-5-9-17(26-2)10-6-15/h3-10,13,22H,11-12H2,1-2H3,(H,21,24)/t13-/m1/s1. The molecule has 0 aliphatic carbocycles. The molecular weight excluding hydrogens is 334 g/mol. The Morgan fingerprint density at radius 2 is 1.62 bits per heavy atom. The van der Waals surface area contributed by atoms with Gasteiger partial charge in [-0.15, -0.1) is 0 Å². The predicted octanol–water partition coefficient (Wildman–Crippen LogP) is 3.21. The number of hydrogen-bond donors (Lipinski definition) is 2. The molecule has 2 aromatic rings. The molecule has 0 radical (unpaired) electrons. The van der Waals surface area contributed by atoms with Crippen molar-refractivity contribution in [3.05, 3.63) is 54.1 Å². The number of anilines is 1. The Balaban J connectivity index is 1.85. The molecule has 26 heavy (non-hydrogen) atoms. The summed E-state index contributed by atoms with van der Waals surface area (Å²) >= 11 is 0. The Morgan fingerprint density at radius 1 is 1.00 bits per heavy atom. The molecule has 0 aromatic heterocycles. The van der Waals surface area contributed by atoms with Gasteiger partial charge >= 0.3 is 0 Å². The van der Waals surface area contributed by atoms with E-state index in [0.717, 1.165) is 0 Å². The van der Waals surface area contributed by atoms with Crippen molar-refractivity contribution < 1.29 is 24.2 Å². The fourth-order valence-electron chi connectivity index (χ4n) is 2.37. The Kier molecular flexibility index (Phi) is 6.49. The number of phenols is 1. The summed E-state index contributed by atoms with van der Waals surface area (Å²) in [6.45, 7) is 1.53. The van der Waals surface area contributed by atoms with Gasteiger partial charge in [0.05, 0.1) is 13.0 Å². The number of ketones is 2. The lowest BCUT2D eigenvalue weighted by molar-refractivity contribution is -0.124. The molecule has 0 aliphatic heterocycles. The summed E-state index contributed by atoms with van der Waals surface area (Å²) in [5.74, 6) is -1.03. The van der Waals surface area contributed by atoms with Crippen molar-refractivity contribution in [1.82, 2.24) is 0 Å². The van der Waals surface area contributed by atoms with E-state index in [1.807, 2.05) is 0 Å². The first-order chi connectivity index (χ1) is 12.4. The zero-order valence-corrected chi connectivity index (χ0v) is 14.7. The molecule has 1 atom stereocenters. The quantitative estimate of drug-likeness (QED) is 0.560. The summed E-state index contributed by atoms with van der Waals surface area (Å²) in [6, 6.07) is 12.6. The number of benzene rings is 2. The highest BCUT2D eigenvalue weighted by Gasteiger charge is 2.23. The molecule has 2 N–H and O–H groups in total. The summed E-state index contributed by atoms with van der Waals surface area (Å²) in [5, 5.41) is 11.9. The van der Waals surface area contributed by atoms with Gasteiger partial charge in [0.15, 0.2) is 5.78 Å². The maximum absolute atomic E-state index is 12.3. The molecule has 0 saturated heterocycles. The Bertz CT molecular complexity index is 781. The molecule has 0 saturated carbocycles. The van der Waals surface area contributed by atoms with Crippen LogP contribution in [-0.4, -0.2) is 29.7 Å². The number of amides is 1. The molecule has 2 aromatic carbocycles. The molecule has 0 spiro atoms. The molecular formula is C20H21NO5. The molecule has 0 heterocycles. The molecule has 6 nitrogen and oxygen atoms in total. The first-order valence-corrected chi connectivity index (χ1v) is 8.20. The Labute approximate surface area is 151 Å². The minimum atomic E-state index is -0.840. The minimum absolute atomic E-state index is 0.00192. The SMILES string of the molecule is COc1ccc(NC(=O)CCC(=O)[C@@H](C)C(=O)c2ccc(O)cc2)cc1. The lowest BCUT2D eigenvalue weighted by Crippen LogP contribution is -2.23. The van der Waals surface area contributed by atoms with E-state index in [1.54, 1.807) is 31.4 Å². The fourth-order valence-corrected chi connectivity index (χ4v) is 2.37. The molecule has 2 rings (SSSR count). The van der Waals surface area contributed by atoms with E-state index in [2.05, 4.69) is 5.32 Å². The normalized spacial score (nSPS) is 11.5. The van der Waals surface area contributed by atoms with Crippen LogP contribution in [0.15, 0.2) is 48.5 Å². The van der Waals surface area contributed by atoms with E-state index < -0.39 is 5.92 Å². The topological polar surface area (TPSA) is 92.7 Å². The van der Waals surface area contributed by atoms with Crippen LogP contribution >= 0.6 is 0 Å². The van der Waals surface area contributed by atoms with Crippen LogP contribution in [-0.2, 0) is 9.59 Å². The van der Waals surface area contributed by atoms with Gasteiger partial charge in [-0.25, -0.2) is 0 Å². The van der Waals surface area contributed by atoms with Crippen molar-refractivity contribution in [2.45, 2.75) is 19.8 Å². The van der Waals surface area contributed by atoms with Crippen molar-refractivity contribution >= 4 is 23.2 Å². The third kappa shape index (κ3) is 5.17. The first-order valence-electron chi connectivity index (χ1n) is 8.20. The van der Waals surface area contributed by atoms with Gasteiger partial charge in [-0.1, -0.05) is 0 Å².